The average molecular weight is 210 g/mol. The Morgan fingerprint density at radius 1 is 1.50 bits per heavy atom. The van der Waals surface area contributed by atoms with Crippen LogP contribution in [0.5, 0.6) is 0 Å². The lowest BCUT2D eigenvalue weighted by Crippen LogP contribution is -2.07. The molecule has 2 aromatic rings. The van der Waals surface area contributed by atoms with Crippen LogP contribution < -0.4 is 5.56 Å². The third kappa shape index (κ3) is 1.20. The highest BCUT2D eigenvalue weighted by Crippen LogP contribution is 2.21. The average Bonchev–Trinajstić information content (AvgIpc) is 2.43. The smallest absolute Gasteiger partial charge is 0.268 e. The maximum absolute atomic E-state index is 11.5. The SMILES string of the molecule is Cn1sc2ccc([N+](=O)[O-])cc2c1=O. The molecule has 0 bridgehead atoms. The molecule has 1 aromatic heterocycles. The molecule has 0 radical (unpaired) electrons. The molecular weight excluding hydrogens is 204 g/mol. The van der Waals surface area contributed by atoms with Crippen LogP contribution in [0.4, 0.5) is 5.69 Å². The Kier molecular flexibility index (Phi) is 1.85. The summed E-state index contributed by atoms with van der Waals surface area (Å²) < 4.78 is 2.22. The first-order chi connectivity index (χ1) is 6.59. The third-order valence-electron chi connectivity index (χ3n) is 1.93. The van der Waals surface area contributed by atoms with Crippen LogP contribution in [0.25, 0.3) is 10.1 Å². The normalized spacial score (nSPS) is 10.6. The molecule has 0 saturated heterocycles. The molecule has 14 heavy (non-hydrogen) atoms. The molecule has 0 fully saturated rings. The molecule has 2 rings (SSSR count). The van der Waals surface area contributed by atoms with Crippen molar-refractivity contribution in [2.24, 2.45) is 7.05 Å². The second-order valence-corrected chi connectivity index (χ2v) is 4.00. The van der Waals surface area contributed by atoms with Gasteiger partial charge in [-0.1, -0.05) is 11.5 Å². The quantitative estimate of drug-likeness (QED) is 0.529. The summed E-state index contributed by atoms with van der Waals surface area (Å²) in [7, 11) is 1.64. The number of aromatic nitrogens is 1. The zero-order valence-electron chi connectivity index (χ0n) is 7.26. The maximum atomic E-state index is 11.5. The van der Waals surface area contributed by atoms with Gasteiger partial charge < -0.3 is 0 Å². The lowest BCUT2D eigenvalue weighted by Gasteiger charge is -1.88. The first-order valence-corrected chi connectivity index (χ1v) is 4.61. The number of aryl methyl sites for hydroxylation is 1. The van der Waals surface area contributed by atoms with E-state index in [4.69, 9.17) is 0 Å². The van der Waals surface area contributed by atoms with Crippen LogP contribution >= 0.6 is 11.5 Å². The van der Waals surface area contributed by atoms with Crippen LogP contribution in [0, 0.1) is 10.1 Å². The van der Waals surface area contributed by atoms with Crippen molar-refractivity contribution in [2.75, 3.05) is 0 Å². The van der Waals surface area contributed by atoms with E-state index in [1.165, 1.54) is 27.6 Å². The number of hydrogen-bond acceptors (Lipinski definition) is 4. The summed E-state index contributed by atoms with van der Waals surface area (Å²) >= 11 is 1.28. The monoisotopic (exact) mass is 210 g/mol. The summed E-state index contributed by atoms with van der Waals surface area (Å²) in [6.07, 6.45) is 0. The van der Waals surface area contributed by atoms with Gasteiger partial charge in [0.2, 0.25) is 0 Å². The Labute approximate surface area is 82.5 Å². The van der Waals surface area contributed by atoms with Crippen LogP contribution in [-0.4, -0.2) is 8.88 Å². The first kappa shape index (κ1) is 8.89. The van der Waals surface area contributed by atoms with Crippen LogP contribution in [0.2, 0.25) is 0 Å². The molecule has 1 heterocycles. The highest BCUT2D eigenvalue weighted by Gasteiger charge is 2.10. The van der Waals surface area contributed by atoms with Gasteiger partial charge in [0, 0.05) is 19.2 Å². The van der Waals surface area contributed by atoms with E-state index in [9.17, 15) is 14.9 Å². The highest BCUT2D eigenvalue weighted by atomic mass is 32.1. The minimum Gasteiger partial charge on any atom is -0.268 e. The van der Waals surface area contributed by atoms with Crippen molar-refractivity contribution in [3.63, 3.8) is 0 Å². The summed E-state index contributed by atoms with van der Waals surface area (Å²) in [5.74, 6) is 0. The number of rotatable bonds is 1. The molecule has 0 saturated carbocycles. The van der Waals surface area contributed by atoms with Gasteiger partial charge in [-0.25, -0.2) is 0 Å². The molecule has 0 aliphatic heterocycles. The largest absolute Gasteiger partial charge is 0.270 e. The van der Waals surface area contributed by atoms with Crippen LogP contribution in [0.3, 0.4) is 0 Å². The molecule has 0 aliphatic carbocycles. The molecule has 6 heteroatoms. The van der Waals surface area contributed by atoms with E-state index in [1.54, 1.807) is 13.1 Å². The molecule has 1 aromatic carbocycles. The van der Waals surface area contributed by atoms with Crippen LogP contribution in [0.15, 0.2) is 23.0 Å². The predicted molar refractivity (Wildman–Crippen MR) is 53.7 cm³/mol. The van der Waals surface area contributed by atoms with Crippen molar-refractivity contribution >= 4 is 27.3 Å². The van der Waals surface area contributed by atoms with E-state index in [0.29, 0.717) is 5.39 Å². The maximum Gasteiger partial charge on any atom is 0.270 e. The van der Waals surface area contributed by atoms with E-state index in [1.807, 2.05) is 0 Å². The molecule has 72 valence electrons. The van der Waals surface area contributed by atoms with Crippen LogP contribution in [-0.2, 0) is 7.05 Å². The number of nitrogens with zero attached hydrogens (tertiary/aromatic N) is 2. The van der Waals surface area contributed by atoms with Gasteiger partial charge in [-0.3, -0.25) is 18.9 Å². The van der Waals surface area contributed by atoms with Crippen molar-refractivity contribution in [3.8, 4) is 0 Å². The summed E-state index contributed by atoms with van der Waals surface area (Å²) in [5.41, 5.74) is -0.235. The summed E-state index contributed by atoms with van der Waals surface area (Å²) in [4.78, 5) is 21.4. The van der Waals surface area contributed by atoms with Gasteiger partial charge in [0.1, 0.15) is 0 Å². The van der Waals surface area contributed by atoms with E-state index >= 15 is 0 Å². The zero-order chi connectivity index (χ0) is 10.3. The molecule has 0 atom stereocenters. The van der Waals surface area contributed by atoms with Gasteiger partial charge in [-0.2, -0.15) is 0 Å². The Morgan fingerprint density at radius 2 is 2.21 bits per heavy atom. The van der Waals surface area contributed by atoms with Gasteiger partial charge in [-0.05, 0) is 6.07 Å². The van der Waals surface area contributed by atoms with Gasteiger partial charge in [0.05, 0.1) is 15.0 Å². The zero-order valence-corrected chi connectivity index (χ0v) is 8.08. The molecule has 0 unspecified atom stereocenters. The standard InChI is InChI=1S/C8H6N2O3S/c1-9-8(11)6-4-5(10(12)13)2-3-7(6)14-9/h2-4H,1H3. The van der Waals surface area contributed by atoms with Crippen LogP contribution in [0.1, 0.15) is 0 Å². The molecule has 0 amide bonds. The topological polar surface area (TPSA) is 65.1 Å². The summed E-state index contributed by atoms with van der Waals surface area (Å²) in [6, 6.07) is 4.31. The number of non-ortho nitro benzene ring substituents is 1. The Morgan fingerprint density at radius 3 is 2.86 bits per heavy atom. The molecule has 0 spiro atoms. The Balaban J connectivity index is 2.82. The molecule has 0 N–H and O–H groups in total. The second kappa shape index (κ2) is 2.91. The second-order valence-electron chi connectivity index (χ2n) is 2.83. The van der Waals surface area contributed by atoms with Crippen molar-refractivity contribution < 1.29 is 4.92 Å². The minimum atomic E-state index is -0.503. The van der Waals surface area contributed by atoms with Crippen molar-refractivity contribution in [1.82, 2.24) is 3.96 Å². The molecular formula is C8H6N2O3S. The molecule has 0 aliphatic rings. The fraction of sp³-hybridized carbons (Fsp3) is 0.125. The van der Waals surface area contributed by atoms with E-state index in [0.717, 1.165) is 4.70 Å². The van der Waals surface area contributed by atoms with Gasteiger partial charge >= 0.3 is 0 Å². The Hall–Kier alpha value is -1.69. The number of hydrogen-bond donors (Lipinski definition) is 0. The van der Waals surface area contributed by atoms with Crippen molar-refractivity contribution in [3.05, 3.63) is 38.7 Å². The predicted octanol–water partition coefficient (Wildman–Crippen LogP) is 1.51. The lowest BCUT2D eigenvalue weighted by molar-refractivity contribution is -0.384. The number of nitro groups is 1. The fourth-order valence-electron chi connectivity index (χ4n) is 1.24. The fourth-order valence-corrected chi connectivity index (χ4v) is 2.09. The first-order valence-electron chi connectivity index (χ1n) is 3.84. The summed E-state index contributed by atoms with van der Waals surface area (Å²) in [5, 5.41) is 10.9. The number of fused-ring (bicyclic) bond motifs is 1. The number of nitro benzene ring substituents is 1. The van der Waals surface area contributed by atoms with Gasteiger partial charge in [0.25, 0.3) is 11.2 Å². The third-order valence-corrected chi connectivity index (χ3v) is 2.92. The van der Waals surface area contributed by atoms with Gasteiger partial charge in [-0.15, -0.1) is 0 Å². The van der Waals surface area contributed by atoms with E-state index in [2.05, 4.69) is 0 Å². The van der Waals surface area contributed by atoms with E-state index < -0.39 is 4.92 Å². The van der Waals surface area contributed by atoms with Crippen molar-refractivity contribution in [2.45, 2.75) is 0 Å². The van der Waals surface area contributed by atoms with E-state index in [-0.39, 0.29) is 11.2 Å². The minimum absolute atomic E-state index is 0.0481. The Bertz CT molecular complexity index is 569. The number of benzene rings is 1. The molecule has 5 nitrogen and oxygen atoms in total. The van der Waals surface area contributed by atoms with Crippen molar-refractivity contribution in [1.29, 1.82) is 0 Å². The summed E-state index contributed by atoms with van der Waals surface area (Å²) in [6.45, 7) is 0. The van der Waals surface area contributed by atoms with Gasteiger partial charge in [0.15, 0.2) is 0 Å². The lowest BCUT2D eigenvalue weighted by atomic mass is 10.2. The highest BCUT2D eigenvalue weighted by molar-refractivity contribution is 7.13.